The standard InChI is InChI=1S/C8H21NSi2/c1-4-6-9-10-7-5-8-11(9,2)3/h4-8,10H2,1-3H3. The smallest absolute Gasteiger partial charge is 0.115 e. The number of hydrogen-bond acceptors (Lipinski definition) is 1. The second-order valence-electron chi connectivity index (χ2n) is 4.26. The van der Waals surface area contributed by atoms with Crippen molar-refractivity contribution in [3.8, 4) is 0 Å². The van der Waals surface area contributed by atoms with E-state index in [1.54, 1.807) is 18.5 Å². The molecule has 1 heterocycles. The third-order valence-corrected chi connectivity index (χ3v) is 11.2. The van der Waals surface area contributed by atoms with Gasteiger partial charge in [0.05, 0.1) is 9.68 Å². The van der Waals surface area contributed by atoms with E-state index in [1.165, 1.54) is 13.0 Å². The summed E-state index contributed by atoms with van der Waals surface area (Å²) in [7, 11) is -0.643. The predicted octanol–water partition coefficient (Wildman–Crippen LogP) is 1.81. The van der Waals surface area contributed by atoms with Crippen LogP contribution in [-0.2, 0) is 0 Å². The molecule has 1 aliphatic heterocycles. The van der Waals surface area contributed by atoms with E-state index in [4.69, 9.17) is 0 Å². The average molecular weight is 187 g/mol. The van der Waals surface area contributed by atoms with Crippen LogP contribution >= 0.6 is 0 Å². The quantitative estimate of drug-likeness (QED) is 0.596. The van der Waals surface area contributed by atoms with Crippen LogP contribution in [0.5, 0.6) is 0 Å². The Kier molecular flexibility index (Phi) is 3.34. The fraction of sp³-hybridized carbons (Fsp3) is 1.00. The Hall–Kier alpha value is 0.394. The molecule has 3 heteroatoms. The van der Waals surface area contributed by atoms with Crippen molar-refractivity contribution in [2.45, 2.75) is 44.9 Å². The summed E-state index contributed by atoms with van der Waals surface area (Å²) in [6.07, 6.45) is 2.91. The SMILES string of the molecule is CCCN1[SiH2]CCC[Si]1(C)C. The van der Waals surface area contributed by atoms with Gasteiger partial charge in [-0.15, -0.1) is 0 Å². The van der Waals surface area contributed by atoms with Crippen molar-refractivity contribution in [1.82, 2.24) is 4.23 Å². The lowest BCUT2D eigenvalue weighted by Crippen LogP contribution is -2.53. The molecule has 0 aromatic carbocycles. The van der Waals surface area contributed by atoms with Crippen LogP contribution in [0, 0.1) is 0 Å². The monoisotopic (exact) mass is 187 g/mol. The van der Waals surface area contributed by atoms with Crippen LogP contribution in [0.15, 0.2) is 0 Å². The summed E-state index contributed by atoms with van der Waals surface area (Å²) in [5.74, 6) is 0. The summed E-state index contributed by atoms with van der Waals surface area (Å²) in [6, 6.07) is 3.14. The van der Waals surface area contributed by atoms with Crippen LogP contribution in [0.3, 0.4) is 0 Å². The number of nitrogens with zero attached hydrogens (tertiary/aromatic N) is 1. The lowest BCUT2D eigenvalue weighted by molar-refractivity contribution is 0.597. The minimum Gasteiger partial charge on any atom is -0.350 e. The zero-order valence-electron chi connectivity index (χ0n) is 8.19. The van der Waals surface area contributed by atoms with Gasteiger partial charge in [0.15, 0.2) is 0 Å². The van der Waals surface area contributed by atoms with Gasteiger partial charge in [-0.05, 0) is 19.0 Å². The van der Waals surface area contributed by atoms with Gasteiger partial charge in [0.25, 0.3) is 0 Å². The highest BCUT2D eigenvalue weighted by Crippen LogP contribution is 2.23. The van der Waals surface area contributed by atoms with E-state index in [2.05, 4.69) is 24.2 Å². The van der Waals surface area contributed by atoms with Crippen LogP contribution in [0.4, 0.5) is 0 Å². The third-order valence-electron chi connectivity index (χ3n) is 2.82. The summed E-state index contributed by atoms with van der Waals surface area (Å²) in [5.41, 5.74) is 0. The van der Waals surface area contributed by atoms with Gasteiger partial charge < -0.3 is 4.23 Å². The van der Waals surface area contributed by atoms with E-state index in [1.807, 2.05) is 0 Å². The summed E-state index contributed by atoms with van der Waals surface area (Å²) in [6.45, 7) is 8.82. The minimum absolute atomic E-state index is 0.202. The van der Waals surface area contributed by atoms with E-state index >= 15 is 0 Å². The molecule has 1 rings (SSSR count). The Labute approximate surface area is 74.2 Å². The molecular weight excluding hydrogens is 166 g/mol. The molecule has 0 bridgehead atoms. The van der Waals surface area contributed by atoms with E-state index in [0.29, 0.717) is 0 Å². The molecule has 11 heavy (non-hydrogen) atoms. The van der Waals surface area contributed by atoms with E-state index in [0.717, 1.165) is 0 Å². The molecule has 0 spiro atoms. The van der Waals surface area contributed by atoms with Crippen LogP contribution in [0.2, 0.25) is 25.2 Å². The normalized spacial score (nSPS) is 27.5. The van der Waals surface area contributed by atoms with Gasteiger partial charge in [-0.1, -0.05) is 32.5 Å². The second-order valence-corrected chi connectivity index (χ2v) is 11.6. The highest BCUT2D eigenvalue weighted by molar-refractivity contribution is 6.81. The van der Waals surface area contributed by atoms with E-state index in [-0.39, 0.29) is 9.68 Å². The van der Waals surface area contributed by atoms with Gasteiger partial charge in [-0.2, -0.15) is 0 Å². The van der Waals surface area contributed by atoms with Gasteiger partial charge in [-0.25, -0.2) is 0 Å². The molecule has 1 fully saturated rings. The Bertz CT molecular complexity index is 123. The zero-order valence-corrected chi connectivity index (χ0v) is 10.6. The average Bonchev–Trinajstić information content (AvgIpc) is 1.94. The molecule has 0 saturated carbocycles. The Morgan fingerprint density at radius 2 is 2.18 bits per heavy atom. The molecular formula is C8H21NSi2. The summed E-state index contributed by atoms with van der Waals surface area (Å²) < 4.78 is 2.91. The van der Waals surface area contributed by atoms with Crippen molar-refractivity contribution in [2.24, 2.45) is 0 Å². The van der Waals surface area contributed by atoms with Crippen LogP contribution in [0.25, 0.3) is 0 Å². The fourth-order valence-electron chi connectivity index (χ4n) is 2.01. The summed E-state index contributed by atoms with van der Waals surface area (Å²) >= 11 is 0. The van der Waals surface area contributed by atoms with Gasteiger partial charge in [0, 0.05) is 0 Å². The van der Waals surface area contributed by atoms with Gasteiger partial charge >= 0.3 is 0 Å². The van der Waals surface area contributed by atoms with Crippen molar-refractivity contribution in [2.75, 3.05) is 6.54 Å². The maximum absolute atomic E-state index is 2.91. The molecule has 0 aromatic rings. The van der Waals surface area contributed by atoms with Crippen molar-refractivity contribution in [1.29, 1.82) is 0 Å². The van der Waals surface area contributed by atoms with Crippen molar-refractivity contribution in [3.63, 3.8) is 0 Å². The molecule has 0 aliphatic carbocycles. The molecule has 66 valence electrons. The van der Waals surface area contributed by atoms with E-state index < -0.39 is 8.24 Å². The van der Waals surface area contributed by atoms with Crippen molar-refractivity contribution < 1.29 is 0 Å². The van der Waals surface area contributed by atoms with Gasteiger partial charge in [0.1, 0.15) is 8.24 Å². The molecule has 0 aromatic heterocycles. The minimum atomic E-state index is -0.846. The highest BCUT2D eigenvalue weighted by Gasteiger charge is 2.30. The van der Waals surface area contributed by atoms with E-state index in [9.17, 15) is 0 Å². The lowest BCUT2D eigenvalue weighted by atomic mass is 10.5. The molecule has 0 atom stereocenters. The maximum atomic E-state index is 2.91. The first-order valence-corrected chi connectivity index (χ1v) is 9.70. The highest BCUT2D eigenvalue weighted by atomic mass is 28.4. The Morgan fingerprint density at radius 3 is 2.73 bits per heavy atom. The first kappa shape index (κ1) is 9.48. The first-order chi connectivity index (χ1) is 5.17. The predicted molar refractivity (Wildman–Crippen MR) is 57.3 cm³/mol. The second kappa shape index (κ2) is 3.87. The number of hydrogen-bond donors (Lipinski definition) is 0. The van der Waals surface area contributed by atoms with Gasteiger partial charge in [0.2, 0.25) is 0 Å². The molecule has 0 N–H and O–H groups in total. The van der Waals surface area contributed by atoms with Crippen LogP contribution in [-0.4, -0.2) is 28.7 Å². The molecule has 0 amide bonds. The topological polar surface area (TPSA) is 3.24 Å². The first-order valence-electron chi connectivity index (χ1n) is 4.92. The molecule has 0 radical (unpaired) electrons. The summed E-state index contributed by atoms with van der Waals surface area (Å²) in [5, 5.41) is 0. The maximum Gasteiger partial charge on any atom is 0.115 e. The van der Waals surface area contributed by atoms with Crippen molar-refractivity contribution in [3.05, 3.63) is 0 Å². The number of rotatable bonds is 2. The largest absolute Gasteiger partial charge is 0.350 e. The Morgan fingerprint density at radius 1 is 1.45 bits per heavy atom. The Balaban J connectivity index is 2.45. The molecule has 1 saturated heterocycles. The third kappa shape index (κ3) is 2.42. The lowest BCUT2D eigenvalue weighted by Gasteiger charge is -2.40. The van der Waals surface area contributed by atoms with Crippen molar-refractivity contribution >= 4 is 17.9 Å². The van der Waals surface area contributed by atoms with Crippen LogP contribution in [0.1, 0.15) is 19.8 Å². The van der Waals surface area contributed by atoms with Crippen LogP contribution < -0.4 is 0 Å². The molecule has 1 nitrogen and oxygen atoms in total. The molecule has 0 unspecified atom stereocenters. The fourth-order valence-corrected chi connectivity index (χ4v) is 9.53. The summed E-state index contributed by atoms with van der Waals surface area (Å²) in [4.78, 5) is 0. The zero-order chi connectivity index (χ0) is 8.32. The molecule has 1 aliphatic rings. The van der Waals surface area contributed by atoms with Gasteiger partial charge in [-0.3, -0.25) is 0 Å².